The van der Waals surface area contributed by atoms with Gasteiger partial charge in [-0.3, -0.25) is 0 Å². The van der Waals surface area contributed by atoms with Crippen molar-refractivity contribution in [2.75, 3.05) is 0 Å². The fourth-order valence-corrected chi connectivity index (χ4v) is 5.23. The summed E-state index contributed by atoms with van der Waals surface area (Å²) in [6.45, 7) is 0. The number of rotatable bonds is 8. The Balaban J connectivity index is 0.000000201. The second-order valence-corrected chi connectivity index (χ2v) is 11.2. The van der Waals surface area contributed by atoms with Crippen molar-refractivity contribution in [2.24, 2.45) is 0 Å². The third-order valence-corrected chi connectivity index (χ3v) is 7.60. The number of hydrogen-bond donors (Lipinski definition) is 0. The van der Waals surface area contributed by atoms with Gasteiger partial charge in [0.1, 0.15) is 22.3 Å². The van der Waals surface area contributed by atoms with Gasteiger partial charge in [0.05, 0.1) is 0 Å². The minimum absolute atomic E-state index is 0.530. The number of hydrogen-bond acceptors (Lipinski definition) is 2. The van der Waals surface area contributed by atoms with Crippen molar-refractivity contribution in [3.63, 3.8) is 0 Å². The lowest BCUT2D eigenvalue weighted by molar-refractivity contribution is 0.602. The summed E-state index contributed by atoms with van der Waals surface area (Å²) in [5.74, 6) is 1.08. The molecule has 0 fully saturated rings. The zero-order chi connectivity index (χ0) is 25.6. The van der Waals surface area contributed by atoms with Gasteiger partial charge in [-0.15, -0.1) is 0 Å². The lowest BCUT2D eigenvalue weighted by Gasteiger charge is -2.05. The Morgan fingerprint density at radius 1 is 0.556 bits per heavy atom. The lowest BCUT2D eigenvalue weighted by atomic mass is 10.2. The Hall–Kier alpha value is -2.44. The zero-order valence-corrected chi connectivity index (χ0v) is 22.6. The molecule has 0 spiro atoms. The topological polar surface area (TPSA) is 46.1 Å². The van der Waals surface area contributed by atoms with Gasteiger partial charge in [-0.25, -0.2) is 0 Å². The van der Waals surface area contributed by atoms with Crippen LogP contribution in [0.2, 0.25) is 10.0 Å². The van der Waals surface area contributed by atoms with Gasteiger partial charge in [0.15, 0.2) is 0 Å². The predicted molar refractivity (Wildman–Crippen MR) is 158 cm³/mol. The highest BCUT2D eigenvalue weighted by atomic mass is 35.5. The number of halogens is 2. The van der Waals surface area contributed by atoms with Crippen molar-refractivity contribution in [1.29, 1.82) is 0 Å². The van der Waals surface area contributed by atoms with Crippen LogP contribution in [0.15, 0.2) is 120 Å². The fraction of sp³-hybridized carbons (Fsp3) is 0.0667. The van der Waals surface area contributed by atoms with E-state index in [2.05, 4.69) is 0 Å². The van der Waals surface area contributed by atoms with E-state index in [0.717, 1.165) is 22.3 Å². The smallest absolute Gasteiger partial charge is 0.135 e. The van der Waals surface area contributed by atoms with Crippen LogP contribution in [0.1, 0.15) is 22.3 Å². The molecule has 0 bridgehead atoms. The maximum Gasteiger partial charge on any atom is 0.135 e. The molecule has 2 atom stereocenters. The SMILES string of the molecule is [O-][S+](/C=C/c1ccccc1Cl)Cc1ccccc1.[O-][S+](C=Cc1ccc(Cl)cc1)Cc1ccccc1. The van der Waals surface area contributed by atoms with Crippen LogP contribution in [-0.2, 0) is 33.9 Å². The van der Waals surface area contributed by atoms with Gasteiger partial charge < -0.3 is 9.11 Å². The van der Waals surface area contributed by atoms with E-state index in [0.29, 0.717) is 21.6 Å². The van der Waals surface area contributed by atoms with Crippen LogP contribution < -0.4 is 0 Å². The molecule has 0 heterocycles. The second-order valence-electron chi connectivity index (χ2n) is 7.70. The molecule has 2 unspecified atom stereocenters. The van der Waals surface area contributed by atoms with Crippen molar-refractivity contribution in [2.45, 2.75) is 11.5 Å². The molecule has 0 N–H and O–H groups in total. The highest BCUT2D eigenvalue weighted by Gasteiger charge is 2.04. The molecular weight excluding hydrogens is 527 g/mol. The molecule has 184 valence electrons. The molecule has 0 saturated carbocycles. The first-order valence-electron chi connectivity index (χ1n) is 11.2. The largest absolute Gasteiger partial charge is 0.612 e. The van der Waals surface area contributed by atoms with Crippen molar-refractivity contribution < 1.29 is 9.11 Å². The van der Waals surface area contributed by atoms with Crippen LogP contribution in [0.25, 0.3) is 12.2 Å². The van der Waals surface area contributed by atoms with E-state index in [-0.39, 0.29) is 0 Å². The normalized spacial score (nSPS) is 12.8. The molecule has 36 heavy (non-hydrogen) atoms. The van der Waals surface area contributed by atoms with E-state index in [4.69, 9.17) is 23.2 Å². The van der Waals surface area contributed by atoms with Crippen LogP contribution >= 0.6 is 23.2 Å². The Morgan fingerprint density at radius 2 is 1.03 bits per heavy atom. The summed E-state index contributed by atoms with van der Waals surface area (Å²) in [4.78, 5) is 0. The van der Waals surface area contributed by atoms with Crippen LogP contribution in [0.4, 0.5) is 0 Å². The molecule has 0 saturated heterocycles. The summed E-state index contributed by atoms with van der Waals surface area (Å²) in [7, 11) is 0. The van der Waals surface area contributed by atoms with Crippen molar-refractivity contribution in [3.8, 4) is 0 Å². The van der Waals surface area contributed by atoms with E-state index in [1.54, 1.807) is 16.9 Å². The summed E-state index contributed by atoms with van der Waals surface area (Å²) < 4.78 is 23.7. The highest BCUT2D eigenvalue weighted by Crippen LogP contribution is 2.18. The summed E-state index contributed by atoms with van der Waals surface area (Å²) in [6, 6.07) is 34.6. The summed E-state index contributed by atoms with van der Waals surface area (Å²) in [6.07, 6.45) is 3.66. The Kier molecular flexibility index (Phi) is 12.2. The number of benzene rings is 4. The van der Waals surface area contributed by atoms with Crippen LogP contribution in [0.5, 0.6) is 0 Å². The molecule has 0 radical (unpaired) electrons. The van der Waals surface area contributed by atoms with Crippen LogP contribution in [0, 0.1) is 0 Å². The second kappa shape index (κ2) is 15.6. The quantitative estimate of drug-likeness (QED) is 0.205. The van der Waals surface area contributed by atoms with E-state index in [9.17, 15) is 9.11 Å². The van der Waals surface area contributed by atoms with Crippen molar-refractivity contribution in [3.05, 3.63) is 152 Å². The average molecular weight is 554 g/mol. The average Bonchev–Trinajstić information content (AvgIpc) is 2.89. The Labute approximate surface area is 229 Å². The highest BCUT2D eigenvalue weighted by molar-refractivity contribution is 7.93. The predicted octanol–water partition coefficient (Wildman–Crippen LogP) is 8.52. The maximum atomic E-state index is 11.9. The molecule has 4 aromatic carbocycles. The lowest BCUT2D eigenvalue weighted by Crippen LogP contribution is -1.99. The summed E-state index contributed by atoms with van der Waals surface area (Å²) in [5.41, 5.74) is 4.04. The first-order chi connectivity index (χ1) is 17.5. The first-order valence-corrected chi connectivity index (χ1v) is 14.7. The van der Waals surface area contributed by atoms with Gasteiger partial charge in [-0.05, 0) is 63.8 Å². The molecule has 4 rings (SSSR count). The summed E-state index contributed by atoms with van der Waals surface area (Å²) >= 11 is 9.81. The van der Waals surface area contributed by atoms with Gasteiger partial charge in [0.25, 0.3) is 0 Å². The third-order valence-electron chi connectivity index (χ3n) is 4.89. The molecule has 2 nitrogen and oxygen atoms in total. The van der Waals surface area contributed by atoms with E-state index in [1.165, 1.54) is 0 Å². The van der Waals surface area contributed by atoms with E-state index < -0.39 is 22.4 Å². The van der Waals surface area contributed by atoms with Crippen molar-refractivity contribution >= 4 is 57.7 Å². The Bertz CT molecular complexity index is 1230. The van der Waals surface area contributed by atoms with Gasteiger partial charge in [-0.1, -0.05) is 114 Å². The van der Waals surface area contributed by atoms with Gasteiger partial charge >= 0.3 is 0 Å². The van der Waals surface area contributed by atoms with Gasteiger partial charge in [0.2, 0.25) is 0 Å². The monoisotopic (exact) mass is 552 g/mol. The standard InChI is InChI=1S/2C15H13ClOS/c16-15-9-5-4-8-14(15)10-11-18(17)12-13-6-2-1-3-7-13;16-15-8-6-13(7-9-15)10-11-18(17)12-14-4-2-1-3-5-14/h2*1-11H,12H2/b11-10+;. The van der Waals surface area contributed by atoms with Gasteiger partial charge in [0, 0.05) is 21.2 Å². The van der Waals surface area contributed by atoms with Crippen LogP contribution in [-0.4, -0.2) is 9.11 Å². The minimum Gasteiger partial charge on any atom is -0.612 e. The third kappa shape index (κ3) is 10.7. The Morgan fingerprint density at radius 3 is 1.56 bits per heavy atom. The van der Waals surface area contributed by atoms with E-state index in [1.807, 2.05) is 115 Å². The zero-order valence-electron chi connectivity index (χ0n) is 19.5. The molecule has 0 amide bonds. The molecular formula is C30H26Cl2O2S2. The molecule has 0 aliphatic carbocycles. The summed E-state index contributed by atoms with van der Waals surface area (Å²) in [5, 5.41) is 4.78. The fourth-order valence-electron chi connectivity index (χ4n) is 3.06. The molecule has 4 aromatic rings. The first kappa shape index (κ1) is 28.1. The van der Waals surface area contributed by atoms with Crippen LogP contribution in [0.3, 0.4) is 0 Å². The molecule has 0 aromatic heterocycles. The van der Waals surface area contributed by atoms with E-state index >= 15 is 0 Å². The molecule has 6 heteroatoms. The maximum absolute atomic E-state index is 11.9. The van der Waals surface area contributed by atoms with Gasteiger partial charge in [-0.2, -0.15) is 0 Å². The molecule has 0 aliphatic heterocycles. The van der Waals surface area contributed by atoms with Crippen molar-refractivity contribution in [1.82, 2.24) is 0 Å². The molecule has 0 aliphatic rings. The minimum atomic E-state index is -1.02.